The van der Waals surface area contributed by atoms with Gasteiger partial charge in [0.2, 0.25) is 0 Å². The third kappa shape index (κ3) is 7.59. The number of hydrogen-bond donors (Lipinski definition) is 0. The van der Waals surface area contributed by atoms with E-state index >= 15 is 0 Å². The zero-order valence-electron chi connectivity index (χ0n) is 43.2. The first kappa shape index (κ1) is 44.9. The monoisotopic (exact) mass is 962 g/mol. The highest BCUT2D eigenvalue weighted by Gasteiger charge is 2.44. The zero-order chi connectivity index (χ0) is 50.7. The van der Waals surface area contributed by atoms with E-state index in [-0.39, 0.29) is 17.5 Å². The number of anilines is 6. The summed E-state index contributed by atoms with van der Waals surface area (Å²) in [5, 5.41) is 9.79. The minimum Gasteiger partial charge on any atom is -0.311 e. The molecule has 0 saturated heterocycles. The highest BCUT2D eigenvalue weighted by molar-refractivity contribution is 7.00. The Kier molecular flexibility index (Phi) is 10.1. The molecule has 0 saturated carbocycles. The van der Waals surface area contributed by atoms with Crippen LogP contribution in [0.2, 0.25) is 0 Å². The van der Waals surface area contributed by atoms with Gasteiger partial charge in [-0.1, -0.05) is 187 Å². The van der Waals surface area contributed by atoms with Gasteiger partial charge in [0.25, 0.3) is 6.71 Å². The summed E-state index contributed by atoms with van der Waals surface area (Å²) in [6, 6.07) is 83.4. The predicted octanol–water partition coefficient (Wildman–Crippen LogP) is 16.8. The van der Waals surface area contributed by atoms with Gasteiger partial charge >= 0.3 is 0 Å². The number of fused-ring (bicyclic) bond motifs is 8. The lowest BCUT2D eigenvalue weighted by atomic mass is 9.33. The van der Waals surface area contributed by atoms with E-state index in [2.05, 4.69) is 276 Å². The molecule has 0 fully saturated rings. The Morgan fingerprint density at radius 2 is 0.680 bits per heavy atom. The van der Waals surface area contributed by atoms with Gasteiger partial charge in [-0.15, -0.1) is 0 Å². The van der Waals surface area contributed by atoms with Gasteiger partial charge in [-0.2, -0.15) is 0 Å². The largest absolute Gasteiger partial charge is 0.311 e. The van der Waals surface area contributed by atoms with Gasteiger partial charge in [0.05, 0.1) is 11.4 Å². The van der Waals surface area contributed by atoms with Crippen LogP contribution >= 0.6 is 0 Å². The van der Waals surface area contributed by atoms with Crippen molar-refractivity contribution in [3.63, 3.8) is 0 Å². The summed E-state index contributed by atoms with van der Waals surface area (Å²) in [5.74, 6) is 0.670. The van der Waals surface area contributed by atoms with Gasteiger partial charge < -0.3 is 9.80 Å². The van der Waals surface area contributed by atoms with Crippen LogP contribution in [0.5, 0.6) is 0 Å². The molecular weight excluding hydrogens is 908 g/mol. The molecule has 0 radical (unpaired) electrons. The van der Waals surface area contributed by atoms with E-state index in [0.717, 1.165) is 50.8 Å². The maximum Gasteiger partial charge on any atom is 0.252 e. The van der Waals surface area contributed by atoms with E-state index in [1.165, 1.54) is 82.0 Å². The molecular formula is C70H55BN4. The van der Waals surface area contributed by atoms with Crippen LogP contribution in [0.1, 0.15) is 52.7 Å². The van der Waals surface area contributed by atoms with Crippen LogP contribution in [0.15, 0.2) is 224 Å². The molecule has 0 N–H and O–H groups in total. The molecule has 4 nitrogen and oxygen atoms in total. The van der Waals surface area contributed by atoms with E-state index in [1.54, 1.807) is 0 Å². The molecule has 0 bridgehead atoms. The first-order chi connectivity index (χ1) is 36.4. The second-order valence-corrected chi connectivity index (χ2v) is 22.7. The lowest BCUT2D eigenvalue weighted by Gasteiger charge is -2.44. The lowest BCUT2D eigenvalue weighted by Crippen LogP contribution is -2.61. The molecule has 14 rings (SSSR count). The standard InChI is InChI=1S/C70H55BN4/c1-69(2,3)55-25-29-57(30-26-55)74-63-39-52-35-48-23-15-13-21-46(48)33-50(52)37-59(63)71-60-38-51-34-47-22-14-16-24-49(47)36-53(51)40-64(60)75(58-31-27-56(28-32-58)70(4,5)6)66-42-54(41-65(74)67(66)71)68-72-61(44-17-9-7-10-18-44)43-62(73-68)45-19-11-8-12-20-45/h7-43H,1-6H3. The molecule has 11 aromatic carbocycles. The second kappa shape index (κ2) is 16.9. The average molecular weight is 963 g/mol. The molecule has 3 heterocycles. The Bertz CT molecular complexity index is 3980. The highest BCUT2D eigenvalue weighted by Crippen LogP contribution is 2.48. The van der Waals surface area contributed by atoms with Gasteiger partial charge in [0.1, 0.15) is 0 Å². The van der Waals surface area contributed by atoms with Crippen molar-refractivity contribution < 1.29 is 0 Å². The predicted molar refractivity (Wildman–Crippen MR) is 320 cm³/mol. The fraction of sp³-hybridized carbons (Fsp3) is 0.114. The Morgan fingerprint density at radius 1 is 0.320 bits per heavy atom. The lowest BCUT2D eigenvalue weighted by molar-refractivity contribution is 0.590. The quantitative estimate of drug-likeness (QED) is 0.127. The van der Waals surface area contributed by atoms with Crippen molar-refractivity contribution in [2.75, 3.05) is 9.80 Å². The van der Waals surface area contributed by atoms with Crippen molar-refractivity contribution in [2.45, 2.75) is 52.4 Å². The van der Waals surface area contributed by atoms with Crippen molar-refractivity contribution in [3.05, 3.63) is 236 Å². The second-order valence-electron chi connectivity index (χ2n) is 22.7. The van der Waals surface area contributed by atoms with Crippen molar-refractivity contribution in [1.29, 1.82) is 0 Å². The molecule has 2 aliphatic rings. The molecule has 0 amide bonds. The highest BCUT2D eigenvalue weighted by atomic mass is 15.2. The van der Waals surface area contributed by atoms with Crippen LogP contribution in [0.4, 0.5) is 34.1 Å². The van der Waals surface area contributed by atoms with Crippen LogP contribution in [0, 0.1) is 0 Å². The fourth-order valence-corrected chi connectivity index (χ4v) is 11.9. The molecule has 2 aliphatic heterocycles. The molecule has 0 unspecified atom stereocenters. The van der Waals surface area contributed by atoms with Crippen LogP contribution in [0.3, 0.4) is 0 Å². The summed E-state index contributed by atoms with van der Waals surface area (Å²) in [7, 11) is 0. The third-order valence-corrected chi connectivity index (χ3v) is 15.8. The molecule has 1 aromatic heterocycles. The summed E-state index contributed by atoms with van der Waals surface area (Å²) < 4.78 is 0. The topological polar surface area (TPSA) is 32.3 Å². The molecule has 75 heavy (non-hydrogen) atoms. The molecule has 0 spiro atoms. The van der Waals surface area contributed by atoms with Crippen LogP contribution in [-0.2, 0) is 10.8 Å². The Labute approximate surface area is 439 Å². The summed E-state index contributed by atoms with van der Waals surface area (Å²) >= 11 is 0. The van der Waals surface area contributed by atoms with E-state index < -0.39 is 0 Å². The van der Waals surface area contributed by atoms with Gasteiger partial charge in [-0.05, 0) is 160 Å². The fourth-order valence-electron chi connectivity index (χ4n) is 11.9. The molecule has 12 aromatic rings. The smallest absolute Gasteiger partial charge is 0.252 e. The number of benzene rings is 11. The maximum atomic E-state index is 5.51. The van der Waals surface area contributed by atoms with Gasteiger partial charge in [-0.25, -0.2) is 9.97 Å². The first-order valence-corrected chi connectivity index (χ1v) is 26.3. The van der Waals surface area contributed by atoms with E-state index in [1.807, 2.05) is 0 Å². The van der Waals surface area contributed by atoms with E-state index in [0.29, 0.717) is 5.82 Å². The first-order valence-electron chi connectivity index (χ1n) is 26.3. The summed E-state index contributed by atoms with van der Waals surface area (Å²) in [6.45, 7) is 13.6. The van der Waals surface area contributed by atoms with Gasteiger partial charge in [0.15, 0.2) is 5.82 Å². The molecule has 0 aliphatic carbocycles. The van der Waals surface area contributed by atoms with Crippen LogP contribution in [0.25, 0.3) is 77.0 Å². The number of nitrogens with zero attached hydrogens (tertiary/aromatic N) is 4. The summed E-state index contributed by atoms with van der Waals surface area (Å²) in [6.07, 6.45) is 0. The number of rotatable bonds is 5. The summed E-state index contributed by atoms with van der Waals surface area (Å²) in [4.78, 5) is 16.1. The maximum absolute atomic E-state index is 5.51. The molecule has 0 atom stereocenters. The van der Waals surface area contributed by atoms with Crippen molar-refractivity contribution in [3.8, 4) is 33.9 Å². The zero-order valence-corrected chi connectivity index (χ0v) is 43.2. The minimum absolute atomic E-state index is 0.0157. The Balaban J connectivity index is 1.12. The van der Waals surface area contributed by atoms with Crippen LogP contribution < -0.4 is 26.2 Å². The third-order valence-electron chi connectivity index (χ3n) is 15.8. The Hall–Kier alpha value is -8.80. The van der Waals surface area contributed by atoms with Crippen molar-refractivity contribution >= 4 is 100 Å². The van der Waals surface area contributed by atoms with E-state index in [9.17, 15) is 0 Å². The van der Waals surface area contributed by atoms with Crippen LogP contribution in [-0.4, -0.2) is 16.7 Å². The van der Waals surface area contributed by atoms with Crippen molar-refractivity contribution in [1.82, 2.24) is 9.97 Å². The molecule has 358 valence electrons. The Morgan fingerprint density at radius 3 is 1.05 bits per heavy atom. The van der Waals surface area contributed by atoms with Gasteiger partial charge in [0, 0.05) is 50.8 Å². The van der Waals surface area contributed by atoms with Crippen molar-refractivity contribution in [2.24, 2.45) is 0 Å². The summed E-state index contributed by atoms with van der Waals surface area (Å²) in [5.41, 5.74) is 17.9. The average Bonchev–Trinajstić information content (AvgIpc) is 3.43. The SMILES string of the molecule is CC(C)(C)c1ccc(N2c3cc4cc5ccccc5cc4cc3B3c4cc5cc6ccccc6cc5cc4N(c4ccc(C(C)(C)C)cc4)c4cc(-c5nc(-c6ccccc6)cc(-c6ccccc6)n5)cc2c43)cc1. The van der Waals surface area contributed by atoms with Gasteiger partial charge in [-0.3, -0.25) is 0 Å². The number of hydrogen-bond acceptors (Lipinski definition) is 4. The molecule has 5 heteroatoms. The van der Waals surface area contributed by atoms with E-state index in [4.69, 9.17) is 9.97 Å². The number of aromatic nitrogens is 2. The minimum atomic E-state index is -0.118. The normalized spacial score (nSPS) is 13.1.